The summed E-state index contributed by atoms with van der Waals surface area (Å²) in [5.74, 6) is -0.943. The molecule has 0 bridgehead atoms. The number of aliphatic imine (C=N–C) groups is 1. The number of hydrogen-bond acceptors (Lipinski definition) is 3. The van der Waals surface area contributed by atoms with Gasteiger partial charge in [0.25, 0.3) is 0 Å². The van der Waals surface area contributed by atoms with Gasteiger partial charge in [0.05, 0.1) is 17.8 Å². The van der Waals surface area contributed by atoms with Gasteiger partial charge in [-0.05, 0) is 59.7 Å². The zero-order chi connectivity index (χ0) is 22.8. The van der Waals surface area contributed by atoms with Crippen LogP contribution in [-0.2, 0) is 17.8 Å². The van der Waals surface area contributed by atoms with Crippen molar-refractivity contribution in [2.45, 2.75) is 13.0 Å². The van der Waals surface area contributed by atoms with Crippen molar-refractivity contribution >= 4 is 28.8 Å². The number of carbonyl (C=O) groups excluding carboxylic acids is 2. The van der Waals surface area contributed by atoms with E-state index in [0.29, 0.717) is 29.1 Å². The summed E-state index contributed by atoms with van der Waals surface area (Å²) in [4.78, 5) is 30.4. The van der Waals surface area contributed by atoms with E-state index < -0.39 is 5.82 Å². The van der Waals surface area contributed by atoms with Gasteiger partial charge in [0.1, 0.15) is 11.5 Å². The van der Waals surface area contributed by atoms with Crippen molar-refractivity contribution in [2.75, 3.05) is 5.32 Å². The van der Waals surface area contributed by atoms with E-state index in [9.17, 15) is 14.0 Å². The molecule has 6 heteroatoms. The zero-order valence-corrected chi connectivity index (χ0v) is 17.7. The molecule has 0 radical (unpaired) electrons. The molecule has 0 saturated heterocycles. The minimum absolute atomic E-state index is 0.0689. The van der Waals surface area contributed by atoms with Crippen molar-refractivity contribution in [3.8, 4) is 0 Å². The number of anilines is 1. The maximum atomic E-state index is 13.8. The Labute approximate surface area is 190 Å². The number of Topliss-reactive ketones (excluding diaryl/α,β-unsaturated/α-hetero) is 1. The Hall–Kier alpha value is -4.32. The fourth-order valence-electron chi connectivity index (χ4n) is 3.91. The summed E-state index contributed by atoms with van der Waals surface area (Å²) >= 11 is 0. The number of fused-ring (bicyclic) bond motifs is 2. The van der Waals surface area contributed by atoms with Gasteiger partial charge in [0.2, 0.25) is 11.7 Å². The summed E-state index contributed by atoms with van der Waals surface area (Å²) < 4.78 is 15.8. The lowest BCUT2D eigenvalue weighted by molar-refractivity contribution is -0.115. The third kappa shape index (κ3) is 4.23. The summed E-state index contributed by atoms with van der Waals surface area (Å²) in [6, 6.07) is 24.4. The van der Waals surface area contributed by atoms with Crippen LogP contribution in [-0.4, -0.2) is 22.0 Å². The van der Waals surface area contributed by atoms with Crippen LogP contribution >= 0.6 is 0 Å². The highest BCUT2D eigenvalue weighted by atomic mass is 19.1. The van der Waals surface area contributed by atoms with E-state index in [4.69, 9.17) is 4.99 Å². The van der Waals surface area contributed by atoms with Crippen molar-refractivity contribution in [1.29, 1.82) is 0 Å². The van der Waals surface area contributed by atoms with Gasteiger partial charge < -0.3 is 9.88 Å². The number of aromatic nitrogens is 1. The Morgan fingerprint density at radius 2 is 1.67 bits per heavy atom. The highest BCUT2D eigenvalue weighted by Crippen LogP contribution is 2.26. The second-order valence-corrected chi connectivity index (χ2v) is 7.83. The van der Waals surface area contributed by atoms with Gasteiger partial charge >= 0.3 is 0 Å². The predicted molar refractivity (Wildman–Crippen MR) is 126 cm³/mol. The number of ketones is 1. The highest BCUT2D eigenvalue weighted by Gasteiger charge is 2.23. The van der Waals surface area contributed by atoms with Gasteiger partial charge in [0.15, 0.2) is 0 Å². The number of rotatable bonds is 5. The molecule has 5 rings (SSSR count). The lowest BCUT2D eigenvalue weighted by Gasteiger charge is -2.09. The molecule has 5 nitrogen and oxygen atoms in total. The van der Waals surface area contributed by atoms with Crippen LogP contribution in [0.2, 0.25) is 0 Å². The largest absolute Gasteiger partial charge is 0.342 e. The van der Waals surface area contributed by atoms with Crippen molar-refractivity contribution in [2.24, 2.45) is 4.99 Å². The molecule has 0 atom stereocenters. The van der Waals surface area contributed by atoms with Crippen LogP contribution in [0.25, 0.3) is 0 Å². The SMILES string of the molecule is O=C(Cc1ccccc1F)Nc1ccc(C(=O)C2=Nc3ccccc3Cn3cccc32)cc1. The minimum Gasteiger partial charge on any atom is -0.342 e. The molecule has 4 aromatic rings. The molecule has 33 heavy (non-hydrogen) atoms. The van der Waals surface area contributed by atoms with Crippen LogP contribution in [0.5, 0.6) is 0 Å². The topological polar surface area (TPSA) is 63.5 Å². The minimum atomic E-state index is -0.413. The number of carbonyl (C=O) groups is 2. The van der Waals surface area contributed by atoms with E-state index in [1.807, 2.05) is 47.2 Å². The summed E-state index contributed by atoms with van der Waals surface area (Å²) in [6.45, 7) is 0.645. The molecule has 0 fully saturated rings. The first-order valence-electron chi connectivity index (χ1n) is 10.6. The number of para-hydroxylation sites is 1. The fraction of sp³-hybridized carbons (Fsp3) is 0.0741. The van der Waals surface area contributed by atoms with E-state index >= 15 is 0 Å². The van der Waals surface area contributed by atoms with Gasteiger partial charge in [-0.1, -0.05) is 36.4 Å². The molecule has 1 aliphatic heterocycles. The smallest absolute Gasteiger partial charge is 0.228 e. The molecule has 0 aliphatic carbocycles. The maximum Gasteiger partial charge on any atom is 0.228 e. The molecule has 0 unspecified atom stereocenters. The van der Waals surface area contributed by atoms with E-state index in [1.165, 1.54) is 6.07 Å². The third-order valence-electron chi connectivity index (χ3n) is 5.59. The van der Waals surface area contributed by atoms with Gasteiger partial charge in [0, 0.05) is 24.0 Å². The lowest BCUT2D eigenvalue weighted by Crippen LogP contribution is -2.19. The summed E-state index contributed by atoms with van der Waals surface area (Å²) in [5, 5.41) is 2.75. The zero-order valence-electron chi connectivity index (χ0n) is 17.7. The normalized spacial score (nSPS) is 12.2. The standard InChI is InChI=1S/C27H20FN3O2/c28-22-8-3-1-6-19(22)16-25(32)29-21-13-11-18(12-14-21)27(33)26-24-10-5-15-31(24)17-20-7-2-4-9-23(20)30-26/h1-15H,16-17H2,(H,29,32). The Morgan fingerprint density at radius 3 is 2.48 bits per heavy atom. The van der Waals surface area contributed by atoms with E-state index in [-0.39, 0.29) is 18.1 Å². The Kier molecular flexibility index (Phi) is 5.40. The van der Waals surface area contributed by atoms with E-state index in [0.717, 1.165) is 16.9 Å². The predicted octanol–water partition coefficient (Wildman–Crippen LogP) is 5.17. The molecule has 162 valence electrons. The van der Waals surface area contributed by atoms with Crippen molar-refractivity contribution in [3.05, 3.63) is 119 Å². The van der Waals surface area contributed by atoms with Gasteiger partial charge in [-0.25, -0.2) is 9.38 Å². The highest BCUT2D eigenvalue weighted by molar-refractivity contribution is 6.51. The second-order valence-electron chi connectivity index (χ2n) is 7.83. The molecular weight excluding hydrogens is 417 g/mol. The number of nitrogens with one attached hydrogen (secondary N) is 1. The summed E-state index contributed by atoms with van der Waals surface area (Å²) in [5.41, 5.74) is 4.29. The third-order valence-corrected chi connectivity index (χ3v) is 5.59. The molecule has 0 spiro atoms. The van der Waals surface area contributed by atoms with Gasteiger partial charge in [-0.15, -0.1) is 0 Å². The van der Waals surface area contributed by atoms with Crippen molar-refractivity contribution in [3.63, 3.8) is 0 Å². The van der Waals surface area contributed by atoms with Crippen LogP contribution < -0.4 is 5.32 Å². The average molecular weight is 437 g/mol. The molecule has 1 aromatic heterocycles. The number of amides is 1. The summed E-state index contributed by atoms with van der Waals surface area (Å²) in [6.07, 6.45) is 1.87. The summed E-state index contributed by atoms with van der Waals surface area (Å²) in [7, 11) is 0. The maximum absolute atomic E-state index is 13.8. The molecule has 1 aliphatic rings. The van der Waals surface area contributed by atoms with Crippen LogP contribution in [0, 0.1) is 5.82 Å². The molecule has 0 saturated carbocycles. The number of benzene rings is 3. The number of nitrogens with zero attached hydrogens (tertiary/aromatic N) is 2. The Morgan fingerprint density at radius 1 is 0.909 bits per heavy atom. The monoisotopic (exact) mass is 437 g/mol. The van der Waals surface area contributed by atoms with Crippen LogP contribution in [0.4, 0.5) is 15.8 Å². The molecule has 1 amide bonds. The van der Waals surface area contributed by atoms with E-state index in [1.54, 1.807) is 42.5 Å². The van der Waals surface area contributed by atoms with Crippen molar-refractivity contribution in [1.82, 2.24) is 4.57 Å². The second kappa shape index (κ2) is 8.67. The number of hydrogen-bond donors (Lipinski definition) is 1. The Balaban J connectivity index is 1.36. The van der Waals surface area contributed by atoms with Gasteiger partial charge in [-0.3, -0.25) is 9.59 Å². The first-order valence-corrected chi connectivity index (χ1v) is 10.6. The Bertz CT molecular complexity index is 1390. The van der Waals surface area contributed by atoms with Gasteiger partial charge in [-0.2, -0.15) is 0 Å². The molecule has 3 aromatic carbocycles. The first kappa shape index (κ1) is 20.6. The van der Waals surface area contributed by atoms with E-state index in [2.05, 4.69) is 5.32 Å². The fourth-order valence-corrected chi connectivity index (χ4v) is 3.91. The number of halogens is 1. The lowest BCUT2D eigenvalue weighted by atomic mass is 10.0. The quantitative estimate of drug-likeness (QED) is 0.438. The van der Waals surface area contributed by atoms with Crippen LogP contribution in [0.15, 0.2) is 96.1 Å². The van der Waals surface area contributed by atoms with Crippen molar-refractivity contribution < 1.29 is 14.0 Å². The first-order chi connectivity index (χ1) is 16.1. The average Bonchev–Trinajstić information content (AvgIpc) is 3.21. The molecule has 1 N–H and O–H groups in total. The van der Waals surface area contributed by atoms with Crippen LogP contribution in [0.1, 0.15) is 27.2 Å². The molecule has 2 heterocycles. The van der Waals surface area contributed by atoms with Crippen LogP contribution in [0.3, 0.4) is 0 Å². The molecular formula is C27H20FN3O2.